The van der Waals surface area contributed by atoms with Gasteiger partial charge in [0.15, 0.2) is 0 Å². The number of ether oxygens (including phenoxy) is 1. The highest BCUT2D eigenvalue weighted by molar-refractivity contribution is 7.99. The Hall–Kier alpha value is -2.01. The minimum absolute atomic E-state index is 0.572. The number of halogens is 2. The Bertz CT molecular complexity index is 1090. The molecule has 31 heavy (non-hydrogen) atoms. The monoisotopic (exact) mass is 472 g/mol. The number of aromatic nitrogens is 2. The molecule has 2 aromatic carbocycles. The predicted octanol–water partition coefficient (Wildman–Crippen LogP) is 5.20. The second kappa shape index (κ2) is 10.5. The van der Waals surface area contributed by atoms with Crippen LogP contribution in [0.2, 0.25) is 10.0 Å². The molecule has 1 aliphatic heterocycles. The molecule has 1 N–H and O–H groups in total. The molecule has 2 heterocycles. The first-order chi connectivity index (χ1) is 15.1. The summed E-state index contributed by atoms with van der Waals surface area (Å²) in [5, 5.41) is 10.7. The molecule has 0 amide bonds. The molecule has 5 nitrogen and oxygen atoms in total. The third-order valence-corrected chi connectivity index (χ3v) is 6.93. The van der Waals surface area contributed by atoms with Crippen molar-refractivity contribution in [2.24, 2.45) is 0 Å². The lowest BCUT2D eigenvalue weighted by molar-refractivity contribution is 0.0383. The average Bonchev–Trinajstić information content (AvgIpc) is 3.22. The van der Waals surface area contributed by atoms with E-state index in [1.807, 2.05) is 30.5 Å². The Morgan fingerprint density at radius 1 is 1.13 bits per heavy atom. The van der Waals surface area contributed by atoms with Crippen molar-refractivity contribution in [3.05, 3.63) is 75.3 Å². The number of benzene rings is 2. The lowest BCUT2D eigenvalue weighted by Gasteiger charge is -2.26. The van der Waals surface area contributed by atoms with Gasteiger partial charge in [0.05, 0.1) is 23.8 Å². The van der Waals surface area contributed by atoms with Crippen LogP contribution in [0, 0.1) is 11.3 Å². The quantitative estimate of drug-likeness (QED) is 0.511. The van der Waals surface area contributed by atoms with E-state index < -0.39 is 0 Å². The number of nitriles is 1. The topological polar surface area (TPSA) is 64.9 Å². The number of imidazole rings is 1. The molecule has 1 aromatic heterocycles. The van der Waals surface area contributed by atoms with E-state index in [1.165, 1.54) is 11.8 Å². The Kier molecular flexibility index (Phi) is 7.54. The van der Waals surface area contributed by atoms with E-state index >= 15 is 0 Å². The first kappa shape index (κ1) is 22.2. The zero-order valence-electron chi connectivity index (χ0n) is 16.9. The highest BCUT2D eigenvalue weighted by atomic mass is 35.5. The minimum Gasteiger partial charge on any atom is -0.379 e. The molecule has 0 aliphatic carbocycles. The maximum absolute atomic E-state index is 9.51. The summed E-state index contributed by atoms with van der Waals surface area (Å²) >= 11 is 13.8. The van der Waals surface area contributed by atoms with Gasteiger partial charge in [-0.25, -0.2) is 4.98 Å². The molecule has 3 aromatic rings. The second-order valence-electron chi connectivity index (χ2n) is 7.36. The zero-order chi connectivity index (χ0) is 21.6. The number of nitrogens with one attached hydrogen (secondary N) is 1. The predicted molar refractivity (Wildman–Crippen MR) is 124 cm³/mol. The summed E-state index contributed by atoms with van der Waals surface area (Å²) in [6.45, 7) is 4.61. The van der Waals surface area contributed by atoms with Crippen molar-refractivity contribution in [1.82, 2.24) is 14.9 Å². The fourth-order valence-electron chi connectivity index (χ4n) is 3.45. The van der Waals surface area contributed by atoms with Crippen LogP contribution in [0.4, 0.5) is 0 Å². The maximum atomic E-state index is 9.51. The van der Waals surface area contributed by atoms with Crippen LogP contribution in [-0.2, 0) is 17.6 Å². The minimum atomic E-state index is 0.572. The maximum Gasteiger partial charge on any atom is 0.110 e. The third-order valence-electron chi connectivity index (χ3n) is 5.13. The highest BCUT2D eigenvalue weighted by Crippen LogP contribution is 2.37. The number of hydrogen-bond acceptors (Lipinski definition) is 5. The van der Waals surface area contributed by atoms with Crippen molar-refractivity contribution in [2.45, 2.75) is 22.6 Å². The largest absolute Gasteiger partial charge is 0.379 e. The van der Waals surface area contributed by atoms with Crippen LogP contribution < -0.4 is 0 Å². The first-order valence-electron chi connectivity index (χ1n) is 10.1. The summed E-state index contributed by atoms with van der Waals surface area (Å²) in [5.74, 6) is 0.919. The molecule has 1 aliphatic rings. The van der Waals surface area contributed by atoms with E-state index in [2.05, 4.69) is 20.9 Å². The standard InChI is InChI=1S/C23H22Cl2N4OS/c24-18-3-4-21(20(25)13-18)31-22-11-16(1-2-17(22)14-26)12-23-27-15-19(28-23)5-6-29-7-9-30-10-8-29/h1-4,11,13,15H,5-10,12H2,(H,27,28). The van der Waals surface area contributed by atoms with Crippen LogP contribution in [0.15, 0.2) is 52.4 Å². The van der Waals surface area contributed by atoms with Crippen LogP contribution in [-0.4, -0.2) is 47.7 Å². The fraction of sp³-hybridized carbons (Fsp3) is 0.304. The molecule has 1 fully saturated rings. The zero-order valence-corrected chi connectivity index (χ0v) is 19.2. The van der Waals surface area contributed by atoms with Gasteiger partial charge >= 0.3 is 0 Å². The molecular weight excluding hydrogens is 451 g/mol. The summed E-state index contributed by atoms with van der Waals surface area (Å²) in [7, 11) is 0. The van der Waals surface area contributed by atoms with Crippen molar-refractivity contribution in [3.63, 3.8) is 0 Å². The summed E-state index contributed by atoms with van der Waals surface area (Å²) in [5.41, 5.74) is 2.84. The van der Waals surface area contributed by atoms with E-state index in [9.17, 15) is 5.26 Å². The van der Waals surface area contributed by atoms with Gasteiger partial charge < -0.3 is 9.72 Å². The number of nitrogens with zero attached hydrogens (tertiary/aromatic N) is 3. The number of rotatable bonds is 7. The molecule has 0 bridgehead atoms. The van der Waals surface area contributed by atoms with Gasteiger partial charge in [0.25, 0.3) is 0 Å². The first-order valence-corrected chi connectivity index (χ1v) is 11.7. The number of H-pyrrole nitrogens is 1. The van der Waals surface area contributed by atoms with Crippen molar-refractivity contribution in [1.29, 1.82) is 5.26 Å². The van der Waals surface area contributed by atoms with Gasteiger partial charge in [-0.1, -0.05) is 41.0 Å². The average molecular weight is 473 g/mol. The van der Waals surface area contributed by atoms with E-state index in [1.54, 1.807) is 12.1 Å². The lowest BCUT2D eigenvalue weighted by Crippen LogP contribution is -2.37. The molecule has 0 saturated carbocycles. The van der Waals surface area contributed by atoms with Crippen LogP contribution in [0.1, 0.15) is 22.6 Å². The molecule has 0 unspecified atom stereocenters. The Morgan fingerprint density at radius 2 is 1.97 bits per heavy atom. The van der Waals surface area contributed by atoms with Gasteiger partial charge in [-0.15, -0.1) is 0 Å². The van der Waals surface area contributed by atoms with Gasteiger partial charge in [0.1, 0.15) is 11.9 Å². The second-order valence-corrected chi connectivity index (χ2v) is 9.28. The Balaban J connectivity index is 1.43. The van der Waals surface area contributed by atoms with Crippen molar-refractivity contribution < 1.29 is 4.74 Å². The molecular formula is C23H22Cl2N4OS. The molecule has 0 atom stereocenters. The van der Waals surface area contributed by atoms with E-state index in [-0.39, 0.29) is 0 Å². The SMILES string of the molecule is N#Cc1ccc(Cc2ncc(CCN3CCOCC3)[nH]2)cc1Sc1ccc(Cl)cc1Cl. The summed E-state index contributed by atoms with van der Waals surface area (Å²) < 4.78 is 5.40. The van der Waals surface area contributed by atoms with Crippen molar-refractivity contribution in [3.8, 4) is 6.07 Å². The highest BCUT2D eigenvalue weighted by Gasteiger charge is 2.12. The number of morpholine rings is 1. The van der Waals surface area contributed by atoms with E-state index in [0.717, 1.165) is 66.1 Å². The van der Waals surface area contributed by atoms with Gasteiger partial charge in [0, 0.05) is 59.2 Å². The smallest absolute Gasteiger partial charge is 0.110 e. The van der Waals surface area contributed by atoms with E-state index in [0.29, 0.717) is 22.0 Å². The Labute approximate surface area is 196 Å². The third kappa shape index (κ3) is 6.03. The molecule has 0 spiro atoms. The van der Waals surface area contributed by atoms with Gasteiger partial charge in [0.2, 0.25) is 0 Å². The normalized spacial score (nSPS) is 14.5. The summed E-state index contributed by atoms with van der Waals surface area (Å²) in [6.07, 6.45) is 3.53. The molecule has 8 heteroatoms. The van der Waals surface area contributed by atoms with Gasteiger partial charge in [-0.05, 0) is 35.9 Å². The van der Waals surface area contributed by atoms with Crippen LogP contribution in [0.5, 0.6) is 0 Å². The molecule has 160 valence electrons. The van der Waals surface area contributed by atoms with Gasteiger partial charge in [-0.3, -0.25) is 4.90 Å². The molecule has 0 radical (unpaired) electrons. The van der Waals surface area contributed by atoms with Crippen molar-refractivity contribution in [2.75, 3.05) is 32.8 Å². The molecule has 1 saturated heterocycles. The van der Waals surface area contributed by atoms with Crippen LogP contribution in [0.25, 0.3) is 0 Å². The number of hydrogen-bond donors (Lipinski definition) is 1. The summed E-state index contributed by atoms with van der Waals surface area (Å²) in [4.78, 5) is 12.1. The molecule has 4 rings (SSSR count). The van der Waals surface area contributed by atoms with E-state index in [4.69, 9.17) is 27.9 Å². The van der Waals surface area contributed by atoms with Crippen LogP contribution >= 0.6 is 35.0 Å². The van der Waals surface area contributed by atoms with Crippen LogP contribution in [0.3, 0.4) is 0 Å². The fourth-order valence-corrected chi connectivity index (χ4v) is 4.94. The van der Waals surface area contributed by atoms with Gasteiger partial charge in [-0.2, -0.15) is 5.26 Å². The summed E-state index contributed by atoms with van der Waals surface area (Å²) in [6, 6.07) is 13.5. The Morgan fingerprint density at radius 3 is 2.74 bits per heavy atom. The lowest BCUT2D eigenvalue weighted by atomic mass is 10.1. The van der Waals surface area contributed by atoms with Crippen molar-refractivity contribution >= 4 is 35.0 Å². The number of aromatic amines is 1.